The molecular formula is C12H14N2O3S. The smallest absolute Gasteiger partial charge is 0.372 e. The van der Waals surface area contributed by atoms with Crippen molar-refractivity contribution < 1.29 is 4.42 Å². The van der Waals surface area contributed by atoms with Gasteiger partial charge in [0.15, 0.2) is 0 Å². The van der Waals surface area contributed by atoms with Crippen molar-refractivity contribution in [3.63, 3.8) is 0 Å². The topological polar surface area (TPSA) is 66.3 Å². The number of rotatable bonds is 0. The highest BCUT2D eigenvalue weighted by atomic mass is 32.1. The maximum Gasteiger partial charge on any atom is 0.420 e. The highest BCUT2D eigenvalue weighted by Gasteiger charge is 2.33. The summed E-state index contributed by atoms with van der Waals surface area (Å²) in [7, 11) is 2.07. The zero-order valence-electron chi connectivity index (χ0n) is 10.5. The second-order valence-electron chi connectivity index (χ2n) is 5.36. The Morgan fingerprint density at radius 1 is 1.39 bits per heavy atom. The molecule has 3 heterocycles. The first-order valence-corrected chi connectivity index (χ1v) is 6.59. The van der Waals surface area contributed by atoms with E-state index in [9.17, 15) is 9.59 Å². The third kappa shape index (κ3) is 1.56. The van der Waals surface area contributed by atoms with E-state index in [1.54, 1.807) is 0 Å². The van der Waals surface area contributed by atoms with Crippen molar-refractivity contribution in [2.24, 2.45) is 0 Å². The highest BCUT2D eigenvalue weighted by molar-refractivity contribution is 7.18. The van der Waals surface area contributed by atoms with Gasteiger partial charge < -0.3 is 4.42 Å². The van der Waals surface area contributed by atoms with E-state index in [4.69, 9.17) is 0 Å². The van der Waals surface area contributed by atoms with Gasteiger partial charge in [-0.1, -0.05) is 0 Å². The number of thiophene rings is 1. The lowest BCUT2D eigenvalue weighted by molar-refractivity contribution is 0.136. The SMILES string of the molecule is CN1Cc2sc3[nH]c(=O)oc(=O)c3c2CC1(C)C. The van der Waals surface area contributed by atoms with Crippen LogP contribution < -0.4 is 11.4 Å². The molecule has 96 valence electrons. The van der Waals surface area contributed by atoms with Gasteiger partial charge in [0.2, 0.25) is 0 Å². The van der Waals surface area contributed by atoms with Gasteiger partial charge in [-0.2, -0.15) is 0 Å². The average molecular weight is 266 g/mol. The Morgan fingerprint density at radius 2 is 2.11 bits per heavy atom. The Labute approximate surface area is 107 Å². The summed E-state index contributed by atoms with van der Waals surface area (Å²) in [5.41, 5.74) is 0.513. The van der Waals surface area contributed by atoms with E-state index in [1.807, 2.05) is 0 Å². The molecule has 0 aromatic carbocycles. The Bertz CT molecular complexity index is 738. The summed E-state index contributed by atoms with van der Waals surface area (Å²) >= 11 is 1.48. The van der Waals surface area contributed by atoms with Crippen LogP contribution in [0.2, 0.25) is 0 Å². The second kappa shape index (κ2) is 3.55. The van der Waals surface area contributed by atoms with Crippen molar-refractivity contribution in [3.8, 4) is 0 Å². The summed E-state index contributed by atoms with van der Waals surface area (Å²) in [4.78, 5) is 29.6. The maximum atomic E-state index is 11.8. The number of nitrogens with one attached hydrogen (secondary N) is 1. The molecule has 0 radical (unpaired) electrons. The Balaban J connectivity index is 2.34. The van der Waals surface area contributed by atoms with E-state index in [2.05, 4.69) is 35.2 Å². The largest absolute Gasteiger partial charge is 0.420 e. The maximum absolute atomic E-state index is 11.8. The molecule has 0 spiro atoms. The highest BCUT2D eigenvalue weighted by Crippen LogP contribution is 2.37. The number of likely N-dealkylation sites (N-methyl/N-ethyl adjacent to an activating group) is 1. The van der Waals surface area contributed by atoms with Crippen molar-refractivity contribution >= 4 is 21.6 Å². The third-order valence-electron chi connectivity index (χ3n) is 3.72. The fourth-order valence-electron chi connectivity index (χ4n) is 2.38. The van der Waals surface area contributed by atoms with Gasteiger partial charge in [0, 0.05) is 17.0 Å². The number of hydrogen-bond acceptors (Lipinski definition) is 5. The van der Waals surface area contributed by atoms with Crippen molar-refractivity contribution in [2.45, 2.75) is 32.4 Å². The quantitative estimate of drug-likeness (QED) is 0.780. The van der Waals surface area contributed by atoms with E-state index >= 15 is 0 Å². The van der Waals surface area contributed by atoms with Crippen molar-refractivity contribution in [2.75, 3.05) is 7.05 Å². The minimum absolute atomic E-state index is 0.00355. The molecule has 0 atom stereocenters. The number of fused-ring (bicyclic) bond motifs is 3. The summed E-state index contributed by atoms with van der Waals surface area (Å²) in [5.74, 6) is -0.682. The van der Waals surface area contributed by atoms with Gasteiger partial charge in [-0.3, -0.25) is 9.88 Å². The Hall–Kier alpha value is -1.40. The zero-order chi connectivity index (χ0) is 13.1. The molecule has 18 heavy (non-hydrogen) atoms. The monoisotopic (exact) mass is 266 g/mol. The molecule has 1 aliphatic heterocycles. The van der Waals surface area contributed by atoms with E-state index < -0.39 is 11.4 Å². The number of aromatic nitrogens is 1. The van der Waals surface area contributed by atoms with E-state index in [1.165, 1.54) is 11.3 Å². The molecule has 2 aromatic heterocycles. The van der Waals surface area contributed by atoms with Gasteiger partial charge in [-0.25, -0.2) is 9.59 Å². The normalized spacial score (nSPS) is 19.1. The first kappa shape index (κ1) is 11.7. The number of aromatic amines is 1. The molecule has 0 fully saturated rings. The van der Waals surface area contributed by atoms with Gasteiger partial charge in [-0.05, 0) is 32.9 Å². The van der Waals surface area contributed by atoms with Crippen LogP contribution in [0.5, 0.6) is 0 Å². The second-order valence-corrected chi connectivity index (χ2v) is 6.46. The van der Waals surface area contributed by atoms with Gasteiger partial charge in [0.25, 0.3) is 0 Å². The lowest BCUT2D eigenvalue weighted by atomic mass is 9.89. The van der Waals surface area contributed by atoms with Crippen LogP contribution in [0, 0.1) is 0 Å². The zero-order valence-corrected chi connectivity index (χ0v) is 11.3. The number of H-pyrrole nitrogens is 1. The fraction of sp³-hybridized carbons (Fsp3) is 0.500. The van der Waals surface area contributed by atoms with Gasteiger partial charge >= 0.3 is 11.4 Å². The lowest BCUT2D eigenvalue weighted by Gasteiger charge is -2.39. The van der Waals surface area contributed by atoms with E-state index in [0.717, 1.165) is 23.4 Å². The van der Waals surface area contributed by atoms with Gasteiger partial charge in [-0.15, -0.1) is 11.3 Å². The van der Waals surface area contributed by atoms with Crippen LogP contribution in [0.15, 0.2) is 14.0 Å². The Morgan fingerprint density at radius 3 is 2.83 bits per heavy atom. The molecule has 0 aliphatic carbocycles. The molecular weight excluding hydrogens is 252 g/mol. The van der Waals surface area contributed by atoms with Crippen LogP contribution in [-0.2, 0) is 13.0 Å². The molecule has 1 N–H and O–H groups in total. The minimum atomic E-state index is -0.682. The van der Waals surface area contributed by atoms with Crippen molar-refractivity contribution in [1.29, 1.82) is 0 Å². The predicted octanol–water partition coefficient (Wildman–Crippen LogP) is 1.31. The molecule has 3 rings (SSSR count). The summed E-state index contributed by atoms with van der Waals surface area (Å²) in [5, 5.41) is 0.552. The molecule has 0 saturated heterocycles. The third-order valence-corrected chi connectivity index (χ3v) is 4.85. The minimum Gasteiger partial charge on any atom is -0.372 e. The molecule has 5 nitrogen and oxygen atoms in total. The van der Waals surface area contributed by atoms with Crippen LogP contribution in [0.1, 0.15) is 24.3 Å². The fourth-order valence-corrected chi connectivity index (χ4v) is 3.63. The van der Waals surface area contributed by atoms with Crippen LogP contribution in [0.4, 0.5) is 0 Å². The summed E-state index contributed by atoms with van der Waals surface area (Å²) in [6.45, 7) is 5.09. The standard InChI is InChI=1S/C12H14N2O3S/c1-12(2)4-6-7(5-14(12)3)18-9-8(6)10(15)17-11(16)13-9/h4-5H2,1-3H3,(H,13,16). The van der Waals surface area contributed by atoms with Gasteiger partial charge in [0.05, 0.1) is 5.39 Å². The molecule has 0 unspecified atom stereocenters. The molecule has 0 saturated carbocycles. The first-order chi connectivity index (χ1) is 8.38. The van der Waals surface area contributed by atoms with Crippen LogP contribution >= 0.6 is 11.3 Å². The molecule has 0 amide bonds. The Kier molecular flexibility index (Phi) is 2.30. The first-order valence-electron chi connectivity index (χ1n) is 5.77. The predicted molar refractivity (Wildman–Crippen MR) is 70.2 cm³/mol. The van der Waals surface area contributed by atoms with Crippen LogP contribution in [0.25, 0.3) is 10.2 Å². The average Bonchev–Trinajstić information content (AvgIpc) is 2.55. The summed E-state index contributed by atoms with van der Waals surface area (Å²) < 4.78 is 4.64. The van der Waals surface area contributed by atoms with Crippen LogP contribution in [-0.4, -0.2) is 22.5 Å². The molecule has 6 heteroatoms. The number of hydrogen-bond donors (Lipinski definition) is 1. The molecule has 0 bridgehead atoms. The summed E-state index contributed by atoms with van der Waals surface area (Å²) in [6, 6.07) is 0. The lowest BCUT2D eigenvalue weighted by Crippen LogP contribution is -2.45. The van der Waals surface area contributed by atoms with Crippen molar-refractivity contribution in [3.05, 3.63) is 31.4 Å². The van der Waals surface area contributed by atoms with Gasteiger partial charge in [0.1, 0.15) is 4.83 Å². The van der Waals surface area contributed by atoms with Crippen molar-refractivity contribution in [1.82, 2.24) is 9.88 Å². The molecule has 1 aliphatic rings. The van der Waals surface area contributed by atoms with Crippen LogP contribution in [0.3, 0.4) is 0 Å². The van der Waals surface area contributed by atoms with E-state index in [-0.39, 0.29) is 5.54 Å². The molecule has 2 aromatic rings. The number of nitrogens with zero attached hydrogens (tertiary/aromatic N) is 1. The summed E-state index contributed by atoms with van der Waals surface area (Å²) in [6.07, 6.45) is 0.787. The van der Waals surface area contributed by atoms with E-state index in [0.29, 0.717) is 10.2 Å².